The van der Waals surface area contributed by atoms with E-state index in [0.717, 1.165) is 25.7 Å². The predicted octanol–water partition coefficient (Wildman–Crippen LogP) is 1.56. The quantitative estimate of drug-likeness (QED) is 0.569. The van der Waals surface area contributed by atoms with Gasteiger partial charge in [0.25, 0.3) is 0 Å². The molecule has 0 aliphatic carbocycles. The van der Waals surface area contributed by atoms with E-state index in [2.05, 4.69) is 24.5 Å². The molecule has 0 unspecified atom stereocenters. The van der Waals surface area contributed by atoms with Crippen molar-refractivity contribution in [2.75, 3.05) is 13.1 Å². The molecule has 0 rings (SSSR count). The lowest BCUT2D eigenvalue weighted by molar-refractivity contribution is -0.131. The Kier molecular flexibility index (Phi) is 9.21. The number of carbonyl (C=O) groups is 2. The number of nitrogens with one attached hydrogen (secondary N) is 2. The van der Waals surface area contributed by atoms with Crippen molar-refractivity contribution in [2.24, 2.45) is 11.1 Å². The number of hydrogen-bond donors (Lipinski definition) is 3. The van der Waals surface area contributed by atoms with E-state index in [9.17, 15) is 9.59 Å². The maximum Gasteiger partial charge on any atom is 0.227 e. The molecule has 0 aliphatic rings. The molecule has 4 N–H and O–H groups in total. The summed E-state index contributed by atoms with van der Waals surface area (Å²) < 4.78 is 0. The van der Waals surface area contributed by atoms with E-state index >= 15 is 0 Å². The van der Waals surface area contributed by atoms with Crippen molar-refractivity contribution in [1.29, 1.82) is 0 Å². The largest absolute Gasteiger partial charge is 0.355 e. The summed E-state index contributed by atoms with van der Waals surface area (Å²) in [5, 5.41) is 5.67. The van der Waals surface area contributed by atoms with Crippen LogP contribution in [0.3, 0.4) is 0 Å². The fourth-order valence-electron chi connectivity index (χ4n) is 2.48. The van der Waals surface area contributed by atoms with Crippen molar-refractivity contribution >= 4 is 11.8 Å². The highest BCUT2D eigenvalue weighted by atomic mass is 16.2. The van der Waals surface area contributed by atoms with Crippen LogP contribution in [0.5, 0.6) is 0 Å². The van der Waals surface area contributed by atoms with Gasteiger partial charge in [-0.2, -0.15) is 0 Å². The van der Waals surface area contributed by atoms with Gasteiger partial charge in [0.1, 0.15) is 0 Å². The third-order valence-electron chi connectivity index (χ3n) is 3.42. The molecule has 0 heterocycles. The van der Waals surface area contributed by atoms with Crippen LogP contribution in [0.1, 0.15) is 59.8 Å². The lowest BCUT2D eigenvalue weighted by Gasteiger charge is -2.30. The second-order valence-corrected chi connectivity index (χ2v) is 5.71. The van der Waals surface area contributed by atoms with E-state index in [1.165, 1.54) is 0 Å². The minimum absolute atomic E-state index is 0.0129. The third kappa shape index (κ3) is 6.37. The summed E-state index contributed by atoms with van der Waals surface area (Å²) in [7, 11) is 0. The molecule has 0 aromatic carbocycles. The van der Waals surface area contributed by atoms with Gasteiger partial charge in [-0.1, -0.05) is 26.7 Å². The van der Waals surface area contributed by atoms with Crippen LogP contribution in [-0.2, 0) is 9.59 Å². The van der Waals surface area contributed by atoms with Crippen LogP contribution < -0.4 is 16.4 Å². The maximum atomic E-state index is 12.4. The summed E-state index contributed by atoms with van der Waals surface area (Å²) in [6.07, 6.45) is 3.75. The number of carbonyl (C=O) groups excluding carboxylic acids is 2. The molecule has 0 saturated heterocycles. The average Bonchev–Trinajstić information content (AvgIpc) is 2.37. The summed E-state index contributed by atoms with van der Waals surface area (Å²) in [4.78, 5) is 23.9. The lowest BCUT2D eigenvalue weighted by atomic mass is 9.78. The molecule has 0 spiro atoms. The molecule has 0 aromatic heterocycles. The first-order valence-corrected chi connectivity index (χ1v) is 7.69. The monoisotopic (exact) mass is 285 g/mol. The van der Waals surface area contributed by atoms with Crippen molar-refractivity contribution in [3.05, 3.63) is 0 Å². The van der Waals surface area contributed by atoms with Gasteiger partial charge >= 0.3 is 0 Å². The molecule has 0 atom stereocenters. The molecule has 0 radical (unpaired) electrons. The Morgan fingerprint density at radius 3 is 2.10 bits per heavy atom. The highest BCUT2D eigenvalue weighted by molar-refractivity contribution is 5.83. The summed E-state index contributed by atoms with van der Waals surface area (Å²) in [5.41, 5.74) is 5.36. The Hall–Kier alpha value is -1.10. The van der Waals surface area contributed by atoms with Gasteiger partial charge in [-0.3, -0.25) is 9.59 Å². The van der Waals surface area contributed by atoms with Gasteiger partial charge in [-0.05, 0) is 26.7 Å². The zero-order chi connectivity index (χ0) is 15.6. The van der Waals surface area contributed by atoms with Crippen LogP contribution in [-0.4, -0.2) is 30.9 Å². The van der Waals surface area contributed by atoms with Gasteiger partial charge in [-0.25, -0.2) is 0 Å². The van der Waals surface area contributed by atoms with E-state index in [4.69, 9.17) is 5.73 Å². The van der Waals surface area contributed by atoms with Gasteiger partial charge in [0.2, 0.25) is 11.8 Å². The molecular weight excluding hydrogens is 254 g/mol. The first-order chi connectivity index (χ1) is 9.41. The van der Waals surface area contributed by atoms with Gasteiger partial charge in [0.15, 0.2) is 0 Å². The van der Waals surface area contributed by atoms with Crippen molar-refractivity contribution in [3.63, 3.8) is 0 Å². The normalized spacial score (nSPS) is 11.5. The molecule has 5 nitrogen and oxygen atoms in total. The van der Waals surface area contributed by atoms with Crippen LogP contribution in [0, 0.1) is 5.41 Å². The first-order valence-electron chi connectivity index (χ1n) is 7.69. The molecule has 0 fully saturated rings. The molecule has 20 heavy (non-hydrogen) atoms. The van der Waals surface area contributed by atoms with E-state index in [0.29, 0.717) is 19.5 Å². The van der Waals surface area contributed by atoms with Gasteiger partial charge in [0, 0.05) is 25.6 Å². The summed E-state index contributed by atoms with van der Waals surface area (Å²) in [6, 6.07) is 0.126. The van der Waals surface area contributed by atoms with Crippen molar-refractivity contribution < 1.29 is 9.59 Å². The molecule has 5 heteroatoms. The van der Waals surface area contributed by atoms with E-state index in [1.807, 2.05) is 13.8 Å². The minimum Gasteiger partial charge on any atom is -0.355 e. The topological polar surface area (TPSA) is 84.2 Å². The third-order valence-corrected chi connectivity index (χ3v) is 3.42. The average molecular weight is 285 g/mol. The molecule has 118 valence electrons. The summed E-state index contributed by atoms with van der Waals surface area (Å²) in [5.74, 6) is -0.0503. The van der Waals surface area contributed by atoms with E-state index < -0.39 is 5.41 Å². The fourth-order valence-corrected chi connectivity index (χ4v) is 2.48. The molecule has 2 amide bonds. The van der Waals surface area contributed by atoms with Gasteiger partial charge < -0.3 is 16.4 Å². The zero-order valence-corrected chi connectivity index (χ0v) is 13.4. The van der Waals surface area contributed by atoms with Gasteiger partial charge in [0.05, 0.1) is 5.41 Å². The molecule has 0 bridgehead atoms. The van der Waals surface area contributed by atoms with Crippen molar-refractivity contribution in [1.82, 2.24) is 10.6 Å². The van der Waals surface area contributed by atoms with Crippen LogP contribution >= 0.6 is 0 Å². The van der Waals surface area contributed by atoms with E-state index in [1.54, 1.807) is 0 Å². The number of rotatable bonds is 10. The maximum absolute atomic E-state index is 12.4. The number of hydrogen-bond acceptors (Lipinski definition) is 3. The molecule has 0 saturated carbocycles. The second kappa shape index (κ2) is 9.75. The Bertz CT molecular complexity index is 297. The second-order valence-electron chi connectivity index (χ2n) is 5.71. The minimum atomic E-state index is -0.474. The molecular formula is C15H31N3O2. The lowest BCUT2D eigenvalue weighted by Crippen LogP contribution is -2.46. The Labute approximate surface area is 123 Å². The van der Waals surface area contributed by atoms with Crippen molar-refractivity contribution in [3.8, 4) is 0 Å². The Morgan fingerprint density at radius 1 is 1.15 bits per heavy atom. The first kappa shape index (κ1) is 18.9. The van der Waals surface area contributed by atoms with Crippen molar-refractivity contribution in [2.45, 2.75) is 65.8 Å². The Balaban J connectivity index is 4.36. The summed E-state index contributed by atoms with van der Waals surface area (Å²) >= 11 is 0. The number of nitrogens with two attached hydrogens (primary N) is 1. The molecule has 0 aliphatic heterocycles. The van der Waals surface area contributed by atoms with Crippen LogP contribution in [0.15, 0.2) is 0 Å². The van der Waals surface area contributed by atoms with Crippen LogP contribution in [0.4, 0.5) is 0 Å². The van der Waals surface area contributed by atoms with Crippen LogP contribution in [0.2, 0.25) is 0 Å². The molecule has 0 aromatic rings. The highest BCUT2D eigenvalue weighted by Crippen LogP contribution is 2.28. The smallest absolute Gasteiger partial charge is 0.227 e. The standard InChI is InChI=1S/C15H31N3O2/c1-5-8-15(11-16,9-6-2)14(20)17-10-7-13(19)18-12(3)4/h12H,5-11,16H2,1-4H3,(H,17,20)(H,18,19). The zero-order valence-electron chi connectivity index (χ0n) is 13.4. The SMILES string of the molecule is CCCC(CN)(CCC)C(=O)NCCC(=O)NC(C)C. The Morgan fingerprint density at radius 2 is 1.70 bits per heavy atom. The fraction of sp³-hybridized carbons (Fsp3) is 0.867. The van der Waals surface area contributed by atoms with Crippen LogP contribution in [0.25, 0.3) is 0 Å². The van der Waals surface area contributed by atoms with E-state index in [-0.39, 0.29) is 17.9 Å². The van der Waals surface area contributed by atoms with Gasteiger partial charge in [-0.15, -0.1) is 0 Å². The highest BCUT2D eigenvalue weighted by Gasteiger charge is 2.34. The summed E-state index contributed by atoms with van der Waals surface area (Å²) in [6.45, 7) is 8.68. The predicted molar refractivity (Wildman–Crippen MR) is 82.2 cm³/mol. The number of amides is 2.